The average Bonchev–Trinajstić information content (AvgIpc) is 2.59. The summed E-state index contributed by atoms with van der Waals surface area (Å²) in [6.45, 7) is 0.112. The molecule has 2 aromatic rings. The highest BCUT2D eigenvalue weighted by molar-refractivity contribution is 6.32. The van der Waals surface area contributed by atoms with Crippen LogP contribution in [0.5, 0.6) is 5.75 Å². The van der Waals surface area contributed by atoms with Gasteiger partial charge in [0.05, 0.1) is 18.6 Å². The van der Waals surface area contributed by atoms with Crippen molar-refractivity contribution in [3.8, 4) is 17.6 Å². The third-order valence-electron chi connectivity index (χ3n) is 3.07. The van der Waals surface area contributed by atoms with E-state index in [2.05, 4.69) is 17.2 Å². The SMILES string of the molecule is COc1ccc(C#CCNC(=O)c2ccc(Cl)c([N+](=O)[O-])c2)cc1. The predicted octanol–water partition coefficient (Wildman–Crippen LogP) is 3.04. The van der Waals surface area contributed by atoms with Crippen LogP contribution in [-0.2, 0) is 0 Å². The molecule has 0 saturated heterocycles. The van der Waals surface area contributed by atoms with Gasteiger partial charge in [0.1, 0.15) is 10.8 Å². The average molecular weight is 345 g/mol. The van der Waals surface area contributed by atoms with E-state index in [1.165, 1.54) is 12.1 Å². The van der Waals surface area contributed by atoms with Crippen LogP contribution in [0.25, 0.3) is 0 Å². The molecule has 0 spiro atoms. The Labute approximate surface area is 143 Å². The maximum Gasteiger partial charge on any atom is 0.288 e. The Hall–Kier alpha value is -3.04. The summed E-state index contributed by atoms with van der Waals surface area (Å²) in [4.78, 5) is 22.1. The van der Waals surface area contributed by atoms with Gasteiger partial charge in [-0.2, -0.15) is 0 Å². The van der Waals surface area contributed by atoms with E-state index in [4.69, 9.17) is 16.3 Å². The Balaban J connectivity index is 1.97. The smallest absolute Gasteiger partial charge is 0.288 e. The van der Waals surface area contributed by atoms with Crippen LogP contribution in [0.3, 0.4) is 0 Å². The van der Waals surface area contributed by atoms with E-state index >= 15 is 0 Å². The van der Waals surface area contributed by atoms with Gasteiger partial charge >= 0.3 is 0 Å². The van der Waals surface area contributed by atoms with Crippen LogP contribution in [0, 0.1) is 22.0 Å². The molecule has 2 aromatic carbocycles. The van der Waals surface area contributed by atoms with Crippen LogP contribution in [0.4, 0.5) is 5.69 Å². The quantitative estimate of drug-likeness (QED) is 0.525. The molecule has 0 aliphatic carbocycles. The fourth-order valence-corrected chi connectivity index (χ4v) is 2.03. The second kappa shape index (κ2) is 7.99. The van der Waals surface area contributed by atoms with Crippen molar-refractivity contribution in [2.75, 3.05) is 13.7 Å². The lowest BCUT2D eigenvalue weighted by Crippen LogP contribution is -2.23. The Morgan fingerprint density at radius 3 is 2.62 bits per heavy atom. The molecular formula is C17H13ClN2O4. The molecule has 0 radical (unpaired) electrons. The van der Waals surface area contributed by atoms with Crippen LogP contribution in [0.15, 0.2) is 42.5 Å². The van der Waals surface area contributed by atoms with Gasteiger partial charge in [-0.3, -0.25) is 14.9 Å². The first-order valence-corrected chi connectivity index (χ1v) is 7.24. The van der Waals surface area contributed by atoms with Gasteiger partial charge < -0.3 is 10.1 Å². The molecule has 0 unspecified atom stereocenters. The highest BCUT2D eigenvalue weighted by Crippen LogP contribution is 2.24. The fraction of sp³-hybridized carbons (Fsp3) is 0.118. The van der Waals surface area contributed by atoms with Crippen LogP contribution >= 0.6 is 11.6 Å². The van der Waals surface area contributed by atoms with Gasteiger partial charge in [0, 0.05) is 17.2 Å². The number of methoxy groups -OCH3 is 1. The molecule has 2 rings (SSSR count). The zero-order chi connectivity index (χ0) is 17.5. The molecule has 6 nitrogen and oxygen atoms in total. The monoisotopic (exact) mass is 344 g/mol. The molecule has 1 N–H and O–H groups in total. The van der Waals surface area contributed by atoms with Crippen LogP contribution in [0.1, 0.15) is 15.9 Å². The number of carbonyl (C=O) groups is 1. The molecule has 24 heavy (non-hydrogen) atoms. The lowest BCUT2D eigenvalue weighted by Gasteiger charge is -2.02. The second-order valence-corrected chi connectivity index (χ2v) is 5.04. The lowest BCUT2D eigenvalue weighted by molar-refractivity contribution is -0.384. The summed E-state index contributed by atoms with van der Waals surface area (Å²) in [7, 11) is 1.58. The van der Waals surface area contributed by atoms with Crippen molar-refractivity contribution in [2.45, 2.75) is 0 Å². The van der Waals surface area contributed by atoms with Crippen LogP contribution in [-0.4, -0.2) is 24.5 Å². The number of amides is 1. The van der Waals surface area contributed by atoms with Gasteiger partial charge in [-0.15, -0.1) is 0 Å². The van der Waals surface area contributed by atoms with E-state index < -0.39 is 10.8 Å². The standard InChI is InChI=1S/C17H13ClN2O4/c1-24-14-7-4-12(5-8-14)3-2-10-19-17(21)13-6-9-15(18)16(11-13)20(22)23/h4-9,11H,10H2,1H3,(H,19,21). The predicted molar refractivity (Wildman–Crippen MR) is 90.3 cm³/mol. The molecule has 0 atom stereocenters. The summed E-state index contributed by atoms with van der Waals surface area (Å²) in [5, 5.41) is 13.4. The van der Waals surface area contributed by atoms with E-state index in [0.717, 1.165) is 17.4 Å². The number of nitro benzene ring substituents is 1. The Morgan fingerprint density at radius 1 is 1.29 bits per heavy atom. The van der Waals surface area contributed by atoms with Gasteiger partial charge in [-0.1, -0.05) is 23.4 Å². The topological polar surface area (TPSA) is 81.5 Å². The molecule has 7 heteroatoms. The molecule has 0 fully saturated rings. The van der Waals surface area contributed by atoms with Crippen molar-refractivity contribution < 1.29 is 14.5 Å². The van der Waals surface area contributed by atoms with Crippen molar-refractivity contribution in [3.63, 3.8) is 0 Å². The van der Waals surface area contributed by atoms with Gasteiger partial charge in [-0.05, 0) is 36.4 Å². The lowest BCUT2D eigenvalue weighted by atomic mass is 10.2. The molecule has 0 heterocycles. The van der Waals surface area contributed by atoms with E-state index in [9.17, 15) is 14.9 Å². The molecule has 0 aliphatic rings. The van der Waals surface area contributed by atoms with E-state index in [1.54, 1.807) is 31.4 Å². The van der Waals surface area contributed by atoms with E-state index in [-0.39, 0.29) is 22.8 Å². The van der Waals surface area contributed by atoms with Gasteiger partial charge in [0.15, 0.2) is 0 Å². The largest absolute Gasteiger partial charge is 0.497 e. The molecule has 0 saturated carbocycles. The molecule has 0 bridgehead atoms. The minimum Gasteiger partial charge on any atom is -0.497 e. The summed E-state index contributed by atoms with van der Waals surface area (Å²) in [5.74, 6) is 5.97. The van der Waals surface area contributed by atoms with Crippen molar-refractivity contribution >= 4 is 23.2 Å². The van der Waals surface area contributed by atoms with Crippen LogP contribution in [0.2, 0.25) is 5.02 Å². The minimum absolute atomic E-state index is 0.0177. The maximum absolute atomic E-state index is 12.0. The normalized spacial score (nSPS) is 9.58. The summed E-state index contributed by atoms with van der Waals surface area (Å²) in [6, 6.07) is 11.0. The van der Waals surface area contributed by atoms with Gasteiger partial charge in [-0.25, -0.2) is 0 Å². The van der Waals surface area contributed by atoms with Crippen molar-refractivity contribution in [3.05, 3.63) is 68.7 Å². The third kappa shape index (κ3) is 4.48. The Morgan fingerprint density at radius 2 is 2.00 bits per heavy atom. The fourth-order valence-electron chi connectivity index (χ4n) is 1.84. The van der Waals surface area contributed by atoms with Gasteiger partial charge in [0.25, 0.3) is 11.6 Å². The second-order valence-electron chi connectivity index (χ2n) is 4.64. The molecule has 0 aliphatic heterocycles. The third-order valence-corrected chi connectivity index (χ3v) is 3.38. The van der Waals surface area contributed by atoms with Gasteiger partial charge in [0.2, 0.25) is 0 Å². The first-order valence-electron chi connectivity index (χ1n) is 6.86. The first kappa shape index (κ1) is 17.3. The number of nitro groups is 1. The number of nitrogens with one attached hydrogen (secondary N) is 1. The highest BCUT2D eigenvalue weighted by atomic mass is 35.5. The number of benzene rings is 2. The number of ether oxygens (including phenoxy) is 1. The number of hydrogen-bond acceptors (Lipinski definition) is 4. The summed E-state index contributed by atoms with van der Waals surface area (Å²) in [5.41, 5.74) is 0.623. The van der Waals surface area contributed by atoms with Crippen molar-refractivity contribution in [1.29, 1.82) is 0 Å². The zero-order valence-electron chi connectivity index (χ0n) is 12.7. The minimum atomic E-state index is -0.636. The van der Waals surface area contributed by atoms with Crippen molar-refractivity contribution in [1.82, 2.24) is 5.32 Å². The summed E-state index contributed by atoms with van der Waals surface area (Å²) >= 11 is 5.71. The molecule has 122 valence electrons. The first-order chi connectivity index (χ1) is 11.5. The number of rotatable bonds is 4. The van der Waals surface area contributed by atoms with Crippen LogP contribution < -0.4 is 10.1 Å². The number of nitrogens with zero attached hydrogens (tertiary/aromatic N) is 1. The summed E-state index contributed by atoms with van der Waals surface area (Å²) < 4.78 is 5.05. The number of halogens is 1. The molecule has 0 aromatic heterocycles. The number of hydrogen-bond donors (Lipinski definition) is 1. The summed E-state index contributed by atoms with van der Waals surface area (Å²) in [6.07, 6.45) is 0. The Bertz CT molecular complexity index is 823. The molecular weight excluding hydrogens is 332 g/mol. The van der Waals surface area contributed by atoms with E-state index in [1.807, 2.05) is 0 Å². The van der Waals surface area contributed by atoms with E-state index in [0.29, 0.717) is 0 Å². The zero-order valence-corrected chi connectivity index (χ0v) is 13.5. The number of carbonyl (C=O) groups excluding carboxylic acids is 1. The molecule has 1 amide bonds. The Kier molecular flexibility index (Phi) is 5.77. The maximum atomic E-state index is 12.0. The highest BCUT2D eigenvalue weighted by Gasteiger charge is 2.15. The van der Waals surface area contributed by atoms with Crippen molar-refractivity contribution in [2.24, 2.45) is 0 Å².